The topological polar surface area (TPSA) is 65.7 Å². The van der Waals surface area contributed by atoms with Gasteiger partial charge in [0.2, 0.25) is 0 Å². The molecule has 2 rings (SSSR count). The maximum atomic E-state index is 12.8. The van der Waals surface area contributed by atoms with Crippen LogP contribution in [0.5, 0.6) is 0 Å². The molecule has 6 nitrogen and oxygen atoms in total. The number of oxime groups is 1. The number of esters is 1. The summed E-state index contributed by atoms with van der Waals surface area (Å²) in [5.74, 6) is -0.548. The second-order valence-electron chi connectivity index (χ2n) is 5.80. The first kappa shape index (κ1) is 20.5. The second kappa shape index (κ2) is 8.24. The smallest absolute Gasteiger partial charge is 0.416 e. The van der Waals surface area contributed by atoms with Gasteiger partial charge in [0.05, 0.1) is 29.6 Å². The molecule has 1 unspecified atom stereocenters. The van der Waals surface area contributed by atoms with Crippen LogP contribution in [0.4, 0.5) is 13.2 Å². The van der Waals surface area contributed by atoms with Crippen molar-refractivity contribution in [2.75, 3.05) is 6.61 Å². The lowest BCUT2D eigenvalue weighted by atomic mass is 10.1. The number of hydrogen-bond acceptors (Lipinski definition) is 5. The van der Waals surface area contributed by atoms with Crippen LogP contribution in [0.15, 0.2) is 29.4 Å². The van der Waals surface area contributed by atoms with Crippen LogP contribution >= 0.6 is 0 Å². The van der Waals surface area contributed by atoms with E-state index in [0.717, 1.165) is 12.1 Å². The van der Waals surface area contributed by atoms with E-state index >= 15 is 0 Å². The van der Waals surface area contributed by atoms with Crippen molar-refractivity contribution in [1.29, 1.82) is 0 Å². The minimum absolute atomic E-state index is 0.211. The van der Waals surface area contributed by atoms with Gasteiger partial charge in [-0.3, -0.25) is 4.68 Å². The van der Waals surface area contributed by atoms with E-state index < -0.39 is 23.8 Å². The highest BCUT2D eigenvalue weighted by atomic mass is 19.4. The van der Waals surface area contributed by atoms with Gasteiger partial charge >= 0.3 is 12.1 Å². The van der Waals surface area contributed by atoms with Crippen molar-refractivity contribution in [2.24, 2.45) is 12.2 Å². The van der Waals surface area contributed by atoms with Gasteiger partial charge in [-0.05, 0) is 38.5 Å². The summed E-state index contributed by atoms with van der Waals surface area (Å²) in [7, 11) is 1.60. The minimum atomic E-state index is -4.43. The average Bonchev–Trinajstić information content (AvgIpc) is 2.88. The zero-order chi connectivity index (χ0) is 20.2. The lowest BCUT2D eigenvalue weighted by molar-refractivity contribution is -0.137. The number of benzene rings is 1. The molecule has 0 saturated carbocycles. The Balaban J connectivity index is 2.18. The Morgan fingerprint density at radius 2 is 2.11 bits per heavy atom. The number of alkyl halides is 3. The number of rotatable bonds is 6. The van der Waals surface area contributed by atoms with Crippen molar-refractivity contribution >= 4 is 12.2 Å². The van der Waals surface area contributed by atoms with E-state index in [9.17, 15) is 18.0 Å². The lowest BCUT2D eigenvalue weighted by Gasteiger charge is -2.13. The molecule has 0 amide bonds. The Kier molecular flexibility index (Phi) is 6.24. The van der Waals surface area contributed by atoms with Gasteiger partial charge in [-0.2, -0.15) is 18.3 Å². The Hall–Kier alpha value is -2.84. The first-order valence-electron chi connectivity index (χ1n) is 8.22. The largest absolute Gasteiger partial charge is 0.461 e. The summed E-state index contributed by atoms with van der Waals surface area (Å²) in [6.07, 6.45) is -3.84. The molecule has 0 aliphatic heterocycles. The molecule has 0 radical (unpaired) electrons. The third-order valence-electron chi connectivity index (χ3n) is 3.82. The summed E-state index contributed by atoms with van der Waals surface area (Å²) < 4.78 is 44.8. The molecule has 2 aromatic rings. The van der Waals surface area contributed by atoms with E-state index in [1.54, 1.807) is 27.8 Å². The van der Waals surface area contributed by atoms with Crippen molar-refractivity contribution in [3.05, 3.63) is 52.3 Å². The van der Waals surface area contributed by atoms with E-state index in [-0.39, 0.29) is 12.3 Å². The zero-order valence-electron chi connectivity index (χ0n) is 15.4. The molecule has 0 saturated heterocycles. The van der Waals surface area contributed by atoms with Gasteiger partial charge < -0.3 is 9.57 Å². The van der Waals surface area contributed by atoms with Gasteiger partial charge in [0.25, 0.3) is 0 Å². The van der Waals surface area contributed by atoms with E-state index in [4.69, 9.17) is 9.57 Å². The molecule has 146 valence electrons. The lowest BCUT2D eigenvalue weighted by Crippen LogP contribution is -2.12. The van der Waals surface area contributed by atoms with E-state index in [0.29, 0.717) is 16.8 Å². The highest BCUT2D eigenvalue weighted by Crippen LogP contribution is 2.31. The van der Waals surface area contributed by atoms with Crippen LogP contribution in [-0.2, 0) is 22.8 Å². The molecule has 1 aromatic heterocycles. The fraction of sp³-hybridized carbons (Fsp3) is 0.389. The number of hydrogen-bond donors (Lipinski definition) is 0. The summed E-state index contributed by atoms with van der Waals surface area (Å²) in [5, 5.41) is 7.97. The monoisotopic (exact) mass is 383 g/mol. The highest BCUT2D eigenvalue weighted by Gasteiger charge is 2.30. The number of aromatic nitrogens is 2. The fourth-order valence-electron chi connectivity index (χ4n) is 2.47. The van der Waals surface area contributed by atoms with Crippen LogP contribution in [0, 0.1) is 6.92 Å². The van der Waals surface area contributed by atoms with Gasteiger partial charge in [-0.1, -0.05) is 17.3 Å². The van der Waals surface area contributed by atoms with Crippen molar-refractivity contribution in [1.82, 2.24) is 9.78 Å². The van der Waals surface area contributed by atoms with Crippen LogP contribution in [-0.4, -0.2) is 28.6 Å². The molecule has 0 aliphatic carbocycles. The molecule has 0 aliphatic rings. The first-order valence-corrected chi connectivity index (χ1v) is 8.22. The number of nitrogens with zero attached hydrogens (tertiary/aromatic N) is 3. The molecular weight excluding hydrogens is 363 g/mol. The number of carbonyl (C=O) groups is 1. The zero-order valence-corrected chi connectivity index (χ0v) is 15.4. The second-order valence-corrected chi connectivity index (χ2v) is 5.80. The van der Waals surface area contributed by atoms with Gasteiger partial charge in [-0.25, -0.2) is 4.79 Å². The Labute approximate surface area is 154 Å². The quantitative estimate of drug-likeness (QED) is 0.429. The van der Waals surface area contributed by atoms with Crippen LogP contribution < -0.4 is 0 Å². The first-order chi connectivity index (χ1) is 12.6. The molecule has 0 spiro atoms. The third-order valence-corrected chi connectivity index (χ3v) is 3.82. The van der Waals surface area contributed by atoms with E-state index in [1.807, 2.05) is 0 Å². The van der Waals surface area contributed by atoms with Gasteiger partial charge in [0.1, 0.15) is 6.10 Å². The van der Waals surface area contributed by atoms with Crippen molar-refractivity contribution in [3.8, 4) is 0 Å². The van der Waals surface area contributed by atoms with E-state index in [2.05, 4.69) is 10.3 Å². The van der Waals surface area contributed by atoms with Crippen molar-refractivity contribution in [2.45, 2.75) is 33.1 Å². The normalized spacial score (nSPS) is 13.0. The molecule has 1 aromatic carbocycles. The molecule has 27 heavy (non-hydrogen) atoms. The van der Waals surface area contributed by atoms with Crippen LogP contribution in [0.2, 0.25) is 0 Å². The van der Waals surface area contributed by atoms with Crippen molar-refractivity contribution in [3.63, 3.8) is 0 Å². The summed E-state index contributed by atoms with van der Waals surface area (Å²) in [4.78, 5) is 17.3. The maximum absolute atomic E-state index is 12.8. The van der Waals surface area contributed by atoms with Crippen LogP contribution in [0.1, 0.15) is 52.8 Å². The summed E-state index contributed by atoms with van der Waals surface area (Å²) >= 11 is 0. The molecule has 0 bridgehead atoms. The van der Waals surface area contributed by atoms with Crippen LogP contribution in [0.25, 0.3) is 0 Å². The molecule has 0 fully saturated rings. The molecule has 1 heterocycles. The highest BCUT2D eigenvalue weighted by molar-refractivity contribution is 5.98. The number of ether oxygens (including phenoxy) is 1. The minimum Gasteiger partial charge on any atom is -0.461 e. The summed E-state index contributed by atoms with van der Waals surface area (Å²) in [6.45, 7) is 5.17. The fourth-order valence-corrected chi connectivity index (χ4v) is 2.47. The van der Waals surface area contributed by atoms with Gasteiger partial charge in [0, 0.05) is 7.05 Å². The summed E-state index contributed by atoms with van der Waals surface area (Å²) in [5.41, 5.74) is 0.753. The summed E-state index contributed by atoms with van der Waals surface area (Å²) in [6, 6.07) is 4.84. The Morgan fingerprint density at radius 1 is 1.41 bits per heavy atom. The average molecular weight is 383 g/mol. The Bertz CT molecular complexity index is 844. The molecule has 0 N–H and O–H groups in total. The molecule has 1 atom stereocenters. The van der Waals surface area contributed by atoms with Crippen molar-refractivity contribution < 1.29 is 27.5 Å². The molecule has 9 heteroatoms. The standard InChI is InChI=1S/C18H20F3N3O3/c1-5-26-17(25)16-15(11(2)23-24(16)4)10-22-27-12(3)13-7-6-8-14(9-13)18(19,20)21/h6-10,12H,5H2,1-4H3. The number of aryl methyl sites for hydroxylation is 2. The Morgan fingerprint density at radius 3 is 2.74 bits per heavy atom. The number of halogens is 3. The molecular formula is C18H20F3N3O3. The van der Waals surface area contributed by atoms with Gasteiger partial charge in [-0.15, -0.1) is 0 Å². The third kappa shape index (κ3) is 4.87. The van der Waals surface area contributed by atoms with Crippen LogP contribution in [0.3, 0.4) is 0 Å². The number of carbonyl (C=O) groups excluding carboxylic acids is 1. The van der Waals surface area contributed by atoms with E-state index in [1.165, 1.54) is 23.0 Å². The maximum Gasteiger partial charge on any atom is 0.416 e. The van der Waals surface area contributed by atoms with Gasteiger partial charge in [0.15, 0.2) is 5.69 Å². The SMILES string of the molecule is CCOC(=O)c1c(C=NOC(C)c2cccc(C(F)(F)F)c2)c(C)nn1C. The predicted octanol–water partition coefficient (Wildman–Crippen LogP) is 4.04. The predicted molar refractivity (Wildman–Crippen MR) is 92.4 cm³/mol.